The van der Waals surface area contributed by atoms with E-state index in [4.69, 9.17) is 4.84 Å². The van der Waals surface area contributed by atoms with Gasteiger partial charge in [-0.25, -0.2) is 0 Å². The standard InChI is InChI=1S/C17H15BrN2O3S/c18-15-7-23-20-16(15)13-5-6-14(12-4-2-1-3-11(12)13)17(21)19-10-8-24(22)9-10/h1-6,10,15H,7-9H2,(H,19,21). The van der Waals surface area contributed by atoms with Gasteiger partial charge in [0.05, 0.1) is 10.9 Å². The van der Waals surface area contributed by atoms with Gasteiger partial charge in [0.25, 0.3) is 5.91 Å². The first-order valence-electron chi connectivity index (χ1n) is 7.65. The highest BCUT2D eigenvalue weighted by atomic mass is 79.9. The largest absolute Gasteiger partial charge is 0.394 e. The normalized spacial score (nSPS) is 25.7. The summed E-state index contributed by atoms with van der Waals surface area (Å²) in [6.45, 7) is 0.505. The molecule has 1 atom stereocenters. The molecule has 124 valence electrons. The Balaban J connectivity index is 1.73. The van der Waals surface area contributed by atoms with E-state index in [-0.39, 0.29) is 16.8 Å². The third-order valence-electron chi connectivity index (χ3n) is 4.23. The molecule has 2 aromatic rings. The molecule has 2 aliphatic rings. The summed E-state index contributed by atoms with van der Waals surface area (Å²) in [6, 6.07) is 11.5. The minimum absolute atomic E-state index is 0.0105. The van der Waals surface area contributed by atoms with E-state index in [1.165, 1.54) is 0 Å². The Hall–Kier alpha value is -1.73. The van der Waals surface area contributed by atoms with Gasteiger partial charge in [-0.15, -0.1) is 0 Å². The van der Waals surface area contributed by atoms with Crippen LogP contribution in [0.25, 0.3) is 10.8 Å². The molecule has 0 spiro atoms. The smallest absolute Gasteiger partial charge is 0.252 e. The lowest BCUT2D eigenvalue weighted by molar-refractivity contribution is 0.0944. The van der Waals surface area contributed by atoms with E-state index < -0.39 is 10.8 Å². The molecular weight excluding hydrogens is 392 g/mol. The molecule has 0 bridgehead atoms. The number of benzene rings is 2. The van der Waals surface area contributed by atoms with Gasteiger partial charge in [-0.05, 0) is 16.8 Å². The molecule has 0 aromatic heterocycles. The fraction of sp³-hybridized carbons (Fsp3) is 0.294. The second-order valence-electron chi connectivity index (χ2n) is 5.89. The van der Waals surface area contributed by atoms with Crippen molar-refractivity contribution in [2.24, 2.45) is 5.16 Å². The van der Waals surface area contributed by atoms with Gasteiger partial charge in [0.2, 0.25) is 0 Å². The molecule has 1 N–H and O–H groups in total. The number of halogens is 1. The fourth-order valence-electron chi connectivity index (χ4n) is 2.99. The highest BCUT2D eigenvalue weighted by Gasteiger charge is 2.28. The average molecular weight is 407 g/mol. The minimum Gasteiger partial charge on any atom is -0.394 e. The van der Waals surface area contributed by atoms with Crippen molar-refractivity contribution in [3.05, 3.63) is 47.5 Å². The zero-order valence-corrected chi connectivity index (χ0v) is 15.1. The molecule has 5 nitrogen and oxygen atoms in total. The zero-order chi connectivity index (χ0) is 16.7. The first-order valence-corrected chi connectivity index (χ1v) is 10.1. The van der Waals surface area contributed by atoms with Crippen LogP contribution in [-0.2, 0) is 15.6 Å². The van der Waals surface area contributed by atoms with E-state index in [2.05, 4.69) is 26.4 Å². The van der Waals surface area contributed by atoms with Crippen molar-refractivity contribution in [2.75, 3.05) is 18.1 Å². The summed E-state index contributed by atoms with van der Waals surface area (Å²) in [7, 11) is -0.781. The molecule has 2 aliphatic heterocycles. The van der Waals surface area contributed by atoms with Crippen LogP contribution in [0.2, 0.25) is 0 Å². The quantitative estimate of drug-likeness (QED) is 0.794. The minimum atomic E-state index is -0.781. The number of alkyl halides is 1. The Labute approximate surface area is 150 Å². The van der Waals surface area contributed by atoms with Crippen molar-refractivity contribution in [2.45, 2.75) is 10.9 Å². The van der Waals surface area contributed by atoms with E-state index >= 15 is 0 Å². The van der Waals surface area contributed by atoms with Crippen LogP contribution in [0.3, 0.4) is 0 Å². The maximum absolute atomic E-state index is 12.6. The molecule has 2 aromatic carbocycles. The van der Waals surface area contributed by atoms with Crippen LogP contribution in [0.4, 0.5) is 0 Å². The maximum atomic E-state index is 12.6. The van der Waals surface area contributed by atoms with E-state index in [0.29, 0.717) is 23.7 Å². The van der Waals surface area contributed by atoms with Gasteiger partial charge in [-0.2, -0.15) is 0 Å². The SMILES string of the molecule is O=C(NC1CS(=O)C1)c1ccc(C2=NOCC2Br)c2ccccc12. The van der Waals surface area contributed by atoms with Crippen LogP contribution in [0.1, 0.15) is 15.9 Å². The number of oxime groups is 1. The molecule has 7 heteroatoms. The van der Waals surface area contributed by atoms with Crippen molar-refractivity contribution < 1.29 is 13.8 Å². The second-order valence-corrected chi connectivity index (χ2v) is 8.54. The molecule has 1 fully saturated rings. The van der Waals surface area contributed by atoms with Gasteiger partial charge >= 0.3 is 0 Å². The van der Waals surface area contributed by atoms with Gasteiger partial charge in [0.1, 0.15) is 12.3 Å². The van der Waals surface area contributed by atoms with Crippen molar-refractivity contribution in [1.29, 1.82) is 0 Å². The maximum Gasteiger partial charge on any atom is 0.252 e. The van der Waals surface area contributed by atoms with Gasteiger partial charge in [-0.1, -0.05) is 51.4 Å². The molecule has 1 unspecified atom stereocenters. The number of hydrogen-bond donors (Lipinski definition) is 1. The Kier molecular flexibility index (Phi) is 4.14. The summed E-state index contributed by atoms with van der Waals surface area (Å²) < 4.78 is 11.2. The molecule has 4 rings (SSSR count). The van der Waals surface area contributed by atoms with Crippen LogP contribution < -0.4 is 5.32 Å². The first kappa shape index (κ1) is 15.8. The number of amides is 1. The summed E-state index contributed by atoms with van der Waals surface area (Å²) in [5.74, 6) is 0.960. The Morgan fingerprint density at radius 1 is 1.21 bits per heavy atom. The molecule has 24 heavy (non-hydrogen) atoms. The predicted octanol–water partition coefficient (Wildman–Crippen LogP) is 2.20. The second kappa shape index (κ2) is 6.29. The summed E-state index contributed by atoms with van der Waals surface area (Å²) >= 11 is 3.57. The Bertz CT molecular complexity index is 875. The molecule has 0 radical (unpaired) electrons. The average Bonchev–Trinajstić information content (AvgIpc) is 2.98. The van der Waals surface area contributed by atoms with Crippen LogP contribution in [-0.4, -0.2) is 44.8 Å². The number of carbonyl (C=O) groups is 1. The molecular formula is C17H15BrN2O3S. The molecule has 0 aliphatic carbocycles. The van der Waals surface area contributed by atoms with E-state index in [9.17, 15) is 9.00 Å². The molecule has 1 amide bonds. The Morgan fingerprint density at radius 2 is 1.96 bits per heavy atom. The molecule has 2 heterocycles. The zero-order valence-electron chi connectivity index (χ0n) is 12.7. The van der Waals surface area contributed by atoms with Crippen molar-refractivity contribution in [1.82, 2.24) is 5.32 Å². The van der Waals surface area contributed by atoms with Crippen LogP contribution in [0, 0.1) is 0 Å². The third kappa shape index (κ3) is 2.75. The van der Waals surface area contributed by atoms with Gasteiger partial charge in [0.15, 0.2) is 0 Å². The van der Waals surface area contributed by atoms with Gasteiger partial charge < -0.3 is 10.2 Å². The summed E-state index contributed by atoms with van der Waals surface area (Å²) in [4.78, 5) is 17.8. The number of hydrogen-bond acceptors (Lipinski definition) is 4. The lowest BCUT2D eigenvalue weighted by atomic mass is 9.95. The number of nitrogens with zero attached hydrogens (tertiary/aromatic N) is 1. The van der Waals surface area contributed by atoms with Gasteiger partial charge in [-0.3, -0.25) is 9.00 Å². The van der Waals surface area contributed by atoms with E-state index in [0.717, 1.165) is 22.0 Å². The number of nitrogens with one attached hydrogen (secondary N) is 1. The van der Waals surface area contributed by atoms with Gasteiger partial charge in [0, 0.05) is 33.4 Å². The monoisotopic (exact) mass is 406 g/mol. The van der Waals surface area contributed by atoms with Crippen LogP contribution in [0.5, 0.6) is 0 Å². The van der Waals surface area contributed by atoms with E-state index in [1.807, 2.05) is 36.4 Å². The molecule has 0 saturated carbocycles. The van der Waals surface area contributed by atoms with E-state index in [1.54, 1.807) is 0 Å². The lowest BCUT2D eigenvalue weighted by Gasteiger charge is -2.26. The summed E-state index contributed by atoms with van der Waals surface area (Å²) in [5.41, 5.74) is 2.43. The van der Waals surface area contributed by atoms with Crippen LogP contribution >= 0.6 is 15.9 Å². The highest BCUT2D eigenvalue weighted by Crippen LogP contribution is 2.28. The topological polar surface area (TPSA) is 67.8 Å². The Morgan fingerprint density at radius 3 is 2.62 bits per heavy atom. The summed E-state index contributed by atoms with van der Waals surface area (Å²) in [6.07, 6.45) is 0. The van der Waals surface area contributed by atoms with Crippen molar-refractivity contribution in [3.63, 3.8) is 0 Å². The number of carbonyl (C=O) groups excluding carboxylic acids is 1. The summed E-state index contributed by atoms with van der Waals surface area (Å²) in [5, 5.41) is 8.93. The lowest BCUT2D eigenvalue weighted by Crippen LogP contribution is -2.50. The van der Waals surface area contributed by atoms with Crippen molar-refractivity contribution >= 4 is 49.1 Å². The third-order valence-corrected chi connectivity index (χ3v) is 6.48. The van der Waals surface area contributed by atoms with Crippen molar-refractivity contribution in [3.8, 4) is 0 Å². The number of fused-ring (bicyclic) bond motifs is 1. The fourth-order valence-corrected chi connectivity index (χ4v) is 4.41. The van der Waals surface area contributed by atoms with Crippen LogP contribution in [0.15, 0.2) is 41.6 Å². The number of rotatable bonds is 3. The predicted molar refractivity (Wildman–Crippen MR) is 98.3 cm³/mol. The first-order chi connectivity index (χ1) is 11.6. The highest BCUT2D eigenvalue weighted by molar-refractivity contribution is 9.10. The molecule has 1 saturated heterocycles.